The molecule has 2 saturated carbocycles. The lowest BCUT2D eigenvalue weighted by molar-refractivity contribution is -0.148. The zero-order valence-corrected chi connectivity index (χ0v) is 11.6. The van der Waals surface area contributed by atoms with Gasteiger partial charge in [-0.1, -0.05) is 25.7 Å². The topological polar surface area (TPSA) is 78.4 Å². The molecule has 19 heavy (non-hydrogen) atoms. The predicted molar refractivity (Wildman–Crippen MR) is 71.9 cm³/mol. The third kappa shape index (κ3) is 3.19. The van der Waals surface area contributed by atoms with Crippen molar-refractivity contribution in [3.63, 3.8) is 0 Å². The summed E-state index contributed by atoms with van der Waals surface area (Å²) >= 11 is 0. The average Bonchev–Trinajstić information content (AvgIpc) is 2.73. The van der Waals surface area contributed by atoms with Crippen molar-refractivity contribution < 1.29 is 14.7 Å². The van der Waals surface area contributed by atoms with Gasteiger partial charge in [-0.05, 0) is 32.6 Å². The molecular formula is C14H24N2O3. The highest BCUT2D eigenvalue weighted by Crippen LogP contribution is 2.38. The summed E-state index contributed by atoms with van der Waals surface area (Å²) in [5, 5.41) is 15.2. The summed E-state index contributed by atoms with van der Waals surface area (Å²) in [7, 11) is 0. The quantitative estimate of drug-likeness (QED) is 0.734. The van der Waals surface area contributed by atoms with E-state index in [4.69, 9.17) is 0 Å². The number of amides is 2. The smallest absolute Gasteiger partial charge is 0.315 e. The largest absolute Gasteiger partial charge is 0.481 e. The van der Waals surface area contributed by atoms with E-state index >= 15 is 0 Å². The molecule has 3 N–H and O–H groups in total. The SMILES string of the molecule is CC1(C(=O)O)CCCC1NC(=O)NC1CCCCC1. The standard InChI is InChI=1S/C14H24N2O3/c1-14(12(17)18)9-5-8-11(14)16-13(19)15-10-6-3-2-4-7-10/h10-11H,2-9H2,1H3,(H,17,18)(H2,15,16,19). The Morgan fingerprint density at radius 3 is 2.37 bits per heavy atom. The van der Waals surface area contributed by atoms with Crippen molar-refractivity contribution in [2.75, 3.05) is 0 Å². The molecule has 0 aromatic carbocycles. The van der Waals surface area contributed by atoms with Crippen molar-refractivity contribution in [2.24, 2.45) is 5.41 Å². The Morgan fingerprint density at radius 2 is 1.74 bits per heavy atom. The van der Waals surface area contributed by atoms with Crippen LogP contribution in [-0.2, 0) is 4.79 Å². The molecule has 2 atom stereocenters. The minimum atomic E-state index is -0.816. The summed E-state index contributed by atoms with van der Waals surface area (Å²) < 4.78 is 0. The summed E-state index contributed by atoms with van der Waals surface area (Å²) in [6.07, 6.45) is 7.90. The van der Waals surface area contributed by atoms with Crippen molar-refractivity contribution in [2.45, 2.75) is 70.4 Å². The molecule has 0 heterocycles. The van der Waals surface area contributed by atoms with E-state index in [1.54, 1.807) is 6.92 Å². The second kappa shape index (κ2) is 5.80. The van der Waals surface area contributed by atoms with Crippen molar-refractivity contribution in [1.29, 1.82) is 0 Å². The highest BCUT2D eigenvalue weighted by Gasteiger charge is 2.46. The normalized spacial score (nSPS) is 31.9. The van der Waals surface area contributed by atoms with Gasteiger partial charge in [-0.2, -0.15) is 0 Å². The van der Waals surface area contributed by atoms with E-state index in [9.17, 15) is 14.7 Å². The Morgan fingerprint density at radius 1 is 1.05 bits per heavy atom. The van der Waals surface area contributed by atoms with Crippen LogP contribution in [0.4, 0.5) is 4.79 Å². The fraction of sp³-hybridized carbons (Fsp3) is 0.857. The molecular weight excluding hydrogens is 244 g/mol. The van der Waals surface area contributed by atoms with Gasteiger partial charge in [-0.15, -0.1) is 0 Å². The monoisotopic (exact) mass is 268 g/mol. The van der Waals surface area contributed by atoms with Gasteiger partial charge >= 0.3 is 12.0 Å². The molecule has 0 aromatic heterocycles. The predicted octanol–water partition coefficient (Wildman–Crippen LogP) is 2.26. The maximum Gasteiger partial charge on any atom is 0.315 e. The van der Waals surface area contributed by atoms with Crippen LogP contribution in [0.1, 0.15) is 58.3 Å². The van der Waals surface area contributed by atoms with Crippen LogP contribution < -0.4 is 10.6 Å². The van der Waals surface area contributed by atoms with Crippen LogP contribution in [-0.4, -0.2) is 29.2 Å². The Labute approximate surface area is 114 Å². The summed E-state index contributed by atoms with van der Waals surface area (Å²) in [5.74, 6) is -0.812. The van der Waals surface area contributed by atoms with E-state index in [1.807, 2.05) is 0 Å². The van der Waals surface area contributed by atoms with Crippen molar-refractivity contribution in [3.8, 4) is 0 Å². The van der Waals surface area contributed by atoms with E-state index in [0.29, 0.717) is 6.42 Å². The van der Waals surface area contributed by atoms with E-state index < -0.39 is 11.4 Å². The van der Waals surface area contributed by atoms with Crippen LogP contribution in [0.3, 0.4) is 0 Å². The molecule has 5 heteroatoms. The van der Waals surface area contributed by atoms with Crippen molar-refractivity contribution in [1.82, 2.24) is 10.6 Å². The van der Waals surface area contributed by atoms with Gasteiger partial charge in [0.2, 0.25) is 0 Å². The van der Waals surface area contributed by atoms with Gasteiger partial charge in [-0.3, -0.25) is 4.79 Å². The second-order valence-corrected chi connectivity index (χ2v) is 6.12. The number of carboxylic acids is 1. The number of carbonyl (C=O) groups is 2. The van der Waals surface area contributed by atoms with Crippen LogP contribution in [0, 0.1) is 5.41 Å². The molecule has 2 aliphatic carbocycles. The Bertz CT molecular complexity index is 353. The molecule has 2 rings (SSSR count). The van der Waals surface area contributed by atoms with Crippen LogP contribution in [0.5, 0.6) is 0 Å². The van der Waals surface area contributed by atoms with Crippen LogP contribution in [0.2, 0.25) is 0 Å². The molecule has 5 nitrogen and oxygen atoms in total. The van der Waals surface area contributed by atoms with Crippen molar-refractivity contribution in [3.05, 3.63) is 0 Å². The number of aliphatic carboxylic acids is 1. The molecule has 0 radical (unpaired) electrons. The number of rotatable bonds is 3. The van der Waals surface area contributed by atoms with Gasteiger partial charge < -0.3 is 15.7 Å². The maximum atomic E-state index is 12.0. The zero-order valence-electron chi connectivity index (χ0n) is 11.6. The lowest BCUT2D eigenvalue weighted by Crippen LogP contribution is -2.52. The number of carboxylic acid groups (broad SMARTS) is 1. The molecule has 2 aliphatic rings. The lowest BCUT2D eigenvalue weighted by Gasteiger charge is -2.29. The molecule has 2 unspecified atom stereocenters. The Balaban J connectivity index is 1.86. The van der Waals surface area contributed by atoms with Gasteiger partial charge in [0.15, 0.2) is 0 Å². The van der Waals surface area contributed by atoms with Gasteiger partial charge in [-0.25, -0.2) is 4.79 Å². The third-order valence-corrected chi connectivity index (χ3v) is 4.69. The number of hydrogen-bond acceptors (Lipinski definition) is 2. The highest BCUT2D eigenvalue weighted by atomic mass is 16.4. The van der Waals surface area contributed by atoms with Crippen LogP contribution in [0.25, 0.3) is 0 Å². The number of hydrogen-bond donors (Lipinski definition) is 3. The fourth-order valence-electron chi connectivity index (χ4n) is 3.29. The zero-order chi connectivity index (χ0) is 13.9. The first-order valence-electron chi connectivity index (χ1n) is 7.33. The minimum absolute atomic E-state index is 0.203. The van der Waals surface area contributed by atoms with E-state index in [1.165, 1.54) is 19.3 Å². The number of nitrogens with one attached hydrogen (secondary N) is 2. The van der Waals surface area contributed by atoms with E-state index in [-0.39, 0.29) is 18.1 Å². The minimum Gasteiger partial charge on any atom is -0.481 e. The van der Waals surface area contributed by atoms with E-state index in [2.05, 4.69) is 10.6 Å². The first-order chi connectivity index (χ1) is 9.02. The van der Waals surface area contributed by atoms with Crippen molar-refractivity contribution >= 4 is 12.0 Å². The summed E-state index contributed by atoms with van der Waals surface area (Å²) in [5.41, 5.74) is -0.816. The second-order valence-electron chi connectivity index (χ2n) is 6.12. The third-order valence-electron chi connectivity index (χ3n) is 4.69. The number of urea groups is 1. The Hall–Kier alpha value is -1.26. The molecule has 2 amide bonds. The molecule has 108 valence electrons. The van der Waals surface area contributed by atoms with Gasteiger partial charge in [0.25, 0.3) is 0 Å². The lowest BCUT2D eigenvalue weighted by atomic mass is 9.85. The molecule has 0 spiro atoms. The Kier molecular flexibility index (Phi) is 4.32. The molecule has 0 saturated heterocycles. The van der Waals surface area contributed by atoms with Gasteiger partial charge in [0.05, 0.1) is 5.41 Å². The molecule has 0 aromatic rings. The van der Waals surface area contributed by atoms with Crippen LogP contribution >= 0.6 is 0 Å². The van der Waals surface area contributed by atoms with Gasteiger partial charge in [0, 0.05) is 12.1 Å². The first kappa shape index (κ1) is 14.2. The van der Waals surface area contributed by atoms with E-state index in [0.717, 1.165) is 25.7 Å². The highest BCUT2D eigenvalue weighted by molar-refractivity contribution is 5.79. The fourth-order valence-corrected chi connectivity index (χ4v) is 3.29. The molecule has 2 fully saturated rings. The van der Waals surface area contributed by atoms with Gasteiger partial charge in [0.1, 0.15) is 0 Å². The summed E-state index contributed by atoms with van der Waals surface area (Å²) in [4.78, 5) is 23.3. The first-order valence-corrected chi connectivity index (χ1v) is 7.33. The van der Waals surface area contributed by atoms with Crippen LogP contribution in [0.15, 0.2) is 0 Å². The summed E-state index contributed by atoms with van der Waals surface area (Å²) in [6, 6.07) is -0.203. The summed E-state index contributed by atoms with van der Waals surface area (Å²) in [6.45, 7) is 1.73. The number of carbonyl (C=O) groups excluding carboxylic acids is 1. The maximum absolute atomic E-state index is 12.0. The average molecular weight is 268 g/mol. The molecule has 0 bridgehead atoms. The molecule has 0 aliphatic heterocycles.